The molecule has 6 heteroatoms. The number of rotatable bonds is 5. The summed E-state index contributed by atoms with van der Waals surface area (Å²) in [5.74, 6) is 1.59. The summed E-state index contributed by atoms with van der Waals surface area (Å²) in [6.45, 7) is 9.43. The number of hydrogen-bond donors (Lipinski definition) is 0. The number of allylic oxidation sites excluding steroid dienone is 1. The molecule has 0 radical (unpaired) electrons. The van der Waals surface area contributed by atoms with Gasteiger partial charge in [-0.15, -0.1) is 0 Å². The van der Waals surface area contributed by atoms with Crippen molar-refractivity contribution in [3.05, 3.63) is 23.8 Å². The summed E-state index contributed by atoms with van der Waals surface area (Å²) < 4.78 is 0. The van der Waals surface area contributed by atoms with Gasteiger partial charge in [0.15, 0.2) is 0 Å². The van der Waals surface area contributed by atoms with Crippen LogP contribution in [0.2, 0.25) is 0 Å². The summed E-state index contributed by atoms with van der Waals surface area (Å²) in [5, 5.41) is 0. The molecule has 1 aliphatic heterocycles. The van der Waals surface area contributed by atoms with E-state index in [0.717, 1.165) is 17.0 Å². The predicted octanol–water partition coefficient (Wildman–Crippen LogP) is 8.40. The molecule has 0 aromatic heterocycles. The molecule has 1 atom stereocenters. The first kappa shape index (κ1) is 25.3. The number of nitrogens with zero attached hydrogens (tertiary/aromatic N) is 2. The minimum absolute atomic E-state index is 0.165. The Bertz CT molecular complexity index is 562. The molecule has 2 nitrogen and oxygen atoms in total. The van der Waals surface area contributed by atoms with E-state index in [1.165, 1.54) is 44.9 Å². The van der Waals surface area contributed by atoms with E-state index >= 15 is 0 Å². The molecular formula is C24H41Cl2N2PRu. The molecule has 1 unspecified atom stereocenters. The van der Waals surface area contributed by atoms with Crippen molar-refractivity contribution < 1.29 is 15.1 Å². The Morgan fingerprint density at radius 2 is 1.23 bits per heavy atom. The standard InChI is InChI=1S/C24H41N2P.2ClH.Ru/c1-18(2)25-16-17-26(19(3)4)24(25)22-14-9-15-23(22)27(20-10-5-6-11-20)21-12-7-8-13-21;;;/h16-21,23H,5-15H2,1-4H3;2*1H;/q;;;+2/p-2. The summed E-state index contributed by atoms with van der Waals surface area (Å²) in [5.41, 5.74) is 4.93. The van der Waals surface area contributed by atoms with Crippen molar-refractivity contribution in [1.82, 2.24) is 9.80 Å². The third-order valence-electron chi connectivity index (χ3n) is 7.46. The van der Waals surface area contributed by atoms with E-state index in [9.17, 15) is 0 Å². The van der Waals surface area contributed by atoms with Gasteiger partial charge in [0.1, 0.15) is 5.82 Å². The van der Waals surface area contributed by atoms with Crippen molar-refractivity contribution in [1.29, 1.82) is 0 Å². The fourth-order valence-electron chi connectivity index (χ4n) is 6.21. The molecule has 4 rings (SSSR count). The van der Waals surface area contributed by atoms with E-state index in [0.29, 0.717) is 12.1 Å². The zero-order chi connectivity index (χ0) is 21.7. The molecule has 4 aliphatic rings. The molecule has 0 aromatic carbocycles. The summed E-state index contributed by atoms with van der Waals surface area (Å²) in [7, 11) is 9.87. The van der Waals surface area contributed by atoms with Crippen LogP contribution >= 0.6 is 27.3 Å². The first-order valence-electron chi connectivity index (χ1n) is 12.1. The molecule has 0 aromatic rings. The van der Waals surface area contributed by atoms with Gasteiger partial charge in [0.2, 0.25) is 0 Å². The van der Waals surface area contributed by atoms with Gasteiger partial charge >= 0.3 is 34.5 Å². The molecule has 0 amide bonds. The second kappa shape index (κ2) is 12.3. The van der Waals surface area contributed by atoms with Crippen molar-refractivity contribution in [2.75, 3.05) is 0 Å². The Kier molecular flexibility index (Phi) is 10.3. The van der Waals surface area contributed by atoms with E-state index in [4.69, 9.17) is 19.4 Å². The molecule has 3 fully saturated rings. The average Bonchev–Trinajstić information content (AvgIpc) is 3.49. The molecule has 0 spiro atoms. The van der Waals surface area contributed by atoms with Crippen LogP contribution in [-0.2, 0) is 15.1 Å². The Morgan fingerprint density at radius 3 is 1.63 bits per heavy atom. The van der Waals surface area contributed by atoms with E-state index in [2.05, 4.69) is 49.9 Å². The van der Waals surface area contributed by atoms with E-state index in [-0.39, 0.29) is 23.1 Å². The Labute approximate surface area is 202 Å². The van der Waals surface area contributed by atoms with Crippen molar-refractivity contribution in [3.8, 4) is 0 Å². The van der Waals surface area contributed by atoms with Crippen LogP contribution in [0, 0.1) is 0 Å². The normalized spacial score (nSPS) is 25.7. The van der Waals surface area contributed by atoms with Crippen LogP contribution in [-0.4, -0.2) is 38.9 Å². The van der Waals surface area contributed by atoms with Crippen LogP contribution < -0.4 is 0 Å². The predicted molar refractivity (Wildman–Crippen MR) is 131 cm³/mol. The summed E-state index contributed by atoms with van der Waals surface area (Å²) in [6, 6.07) is 1.11. The summed E-state index contributed by atoms with van der Waals surface area (Å²) in [6.07, 6.45) is 21.2. The van der Waals surface area contributed by atoms with Gasteiger partial charge in [-0.05, 0) is 89.5 Å². The second-order valence-corrected chi connectivity index (χ2v) is 15.5. The van der Waals surface area contributed by atoms with Crippen molar-refractivity contribution in [2.24, 2.45) is 0 Å². The Balaban J connectivity index is 0.000000806. The second-order valence-electron chi connectivity index (χ2n) is 9.93. The molecular weight excluding hydrogens is 519 g/mol. The van der Waals surface area contributed by atoms with Gasteiger partial charge < -0.3 is 9.80 Å². The van der Waals surface area contributed by atoms with Crippen LogP contribution in [0.25, 0.3) is 0 Å². The molecule has 1 heterocycles. The summed E-state index contributed by atoms with van der Waals surface area (Å²) >= 11 is -0.346. The first-order valence-corrected chi connectivity index (χ1v) is 18.1. The maximum absolute atomic E-state index is 4.85. The van der Waals surface area contributed by atoms with Crippen LogP contribution in [0.1, 0.15) is 98.3 Å². The van der Waals surface area contributed by atoms with E-state index < -0.39 is 0 Å². The SMILES string of the molecule is CC(C)N1C=CN(C(C)C)C1=C1CCCC1P(C1CCCC1)C1CCCC1.[Cl][Ru][Cl]. The monoisotopic (exact) mass is 560 g/mol. The Hall–Kier alpha value is 0.713. The zero-order valence-electron chi connectivity index (χ0n) is 19.3. The van der Waals surface area contributed by atoms with Crippen molar-refractivity contribution in [3.63, 3.8) is 0 Å². The van der Waals surface area contributed by atoms with Crippen molar-refractivity contribution in [2.45, 2.75) is 127 Å². The quantitative estimate of drug-likeness (QED) is 0.246. The van der Waals surface area contributed by atoms with Crippen LogP contribution in [0.3, 0.4) is 0 Å². The average molecular weight is 561 g/mol. The van der Waals surface area contributed by atoms with Gasteiger partial charge in [-0.1, -0.05) is 33.6 Å². The Morgan fingerprint density at radius 1 is 0.800 bits per heavy atom. The molecule has 0 saturated heterocycles. The van der Waals surface area contributed by atoms with Crippen molar-refractivity contribution >= 4 is 27.3 Å². The molecule has 3 aliphatic carbocycles. The van der Waals surface area contributed by atoms with Gasteiger partial charge in [-0.2, -0.15) is 0 Å². The van der Waals surface area contributed by atoms with Crippen LogP contribution in [0.5, 0.6) is 0 Å². The van der Waals surface area contributed by atoms with Gasteiger partial charge in [0, 0.05) is 30.1 Å². The fraction of sp³-hybridized carbons (Fsp3) is 0.833. The molecule has 174 valence electrons. The topological polar surface area (TPSA) is 6.48 Å². The zero-order valence-corrected chi connectivity index (χ0v) is 23.4. The van der Waals surface area contributed by atoms with Gasteiger partial charge in [0.25, 0.3) is 0 Å². The number of hydrogen-bond acceptors (Lipinski definition) is 2. The maximum atomic E-state index is 4.85. The molecule has 0 N–H and O–H groups in total. The summed E-state index contributed by atoms with van der Waals surface area (Å²) in [4.78, 5) is 5.18. The third kappa shape index (κ3) is 5.79. The van der Waals surface area contributed by atoms with E-state index in [1.54, 1.807) is 31.5 Å². The van der Waals surface area contributed by atoms with Crippen LogP contribution in [0.15, 0.2) is 23.8 Å². The molecule has 3 saturated carbocycles. The third-order valence-corrected chi connectivity index (χ3v) is 11.5. The number of halogens is 2. The van der Waals surface area contributed by atoms with Gasteiger partial charge in [0.05, 0.1) is 0 Å². The van der Waals surface area contributed by atoms with E-state index in [1.807, 2.05) is 5.57 Å². The van der Waals surface area contributed by atoms with Gasteiger partial charge in [-0.25, -0.2) is 0 Å². The fourth-order valence-corrected chi connectivity index (χ4v) is 10.8. The minimum atomic E-state index is -0.346. The molecule has 30 heavy (non-hydrogen) atoms. The first-order chi connectivity index (χ1) is 14.5. The van der Waals surface area contributed by atoms with Gasteiger partial charge in [-0.3, -0.25) is 0 Å². The molecule has 0 bridgehead atoms. The van der Waals surface area contributed by atoms with Crippen LogP contribution in [0.4, 0.5) is 0 Å².